The minimum atomic E-state index is -0.736. The lowest BCUT2D eigenvalue weighted by atomic mass is 9.78. The number of alkyl carbamates (subject to hydrolysis) is 2. The van der Waals surface area contributed by atoms with E-state index in [1.165, 1.54) is 14.2 Å². The second-order valence-electron chi connectivity index (χ2n) is 19.6. The average Bonchev–Trinajstić information content (AvgIpc) is 4.12. The highest BCUT2D eigenvalue weighted by atomic mass is 16.5. The number of nitrogens with zero attached hydrogens (tertiary/aromatic N) is 4. The zero-order valence-corrected chi connectivity index (χ0v) is 38.8. The first kappa shape index (κ1) is 45.2. The summed E-state index contributed by atoms with van der Waals surface area (Å²) < 4.78 is 21.2. The van der Waals surface area contributed by atoms with Crippen molar-refractivity contribution in [1.82, 2.24) is 40.4 Å². The molecule has 0 unspecified atom stereocenters. The van der Waals surface area contributed by atoms with E-state index in [2.05, 4.69) is 69.1 Å². The molecular formula is C50H62N8O8. The van der Waals surface area contributed by atoms with Gasteiger partial charge in [0.25, 0.3) is 0 Å². The number of carbonyl (C=O) groups is 4. The number of aromatic amines is 2. The molecule has 6 heterocycles. The highest BCUT2D eigenvalue weighted by molar-refractivity contribution is 5.89. The Hall–Kier alpha value is -6.00. The lowest BCUT2D eigenvalue weighted by molar-refractivity contribution is -0.136. The van der Waals surface area contributed by atoms with E-state index in [-0.39, 0.29) is 46.6 Å². The second kappa shape index (κ2) is 18.4. The van der Waals surface area contributed by atoms with Crippen molar-refractivity contribution in [2.75, 3.05) is 53.7 Å². The Bertz CT molecular complexity index is 2410. The summed E-state index contributed by atoms with van der Waals surface area (Å²) in [6.45, 7) is 11.5. The zero-order chi connectivity index (χ0) is 46.3. The normalized spacial score (nSPS) is 21.2. The smallest absolute Gasteiger partial charge is 0.407 e. The first-order valence-corrected chi connectivity index (χ1v) is 23.3. The van der Waals surface area contributed by atoms with Crippen LogP contribution in [0.4, 0.5) is 9.59 Å². The van der Waals surface area contributed by atoms with Crippen LogP contribution in [0.5, 0.6) is 0 Å². The molecule has 4 N–H and O–H groups in total. The van der Waals surface area contributed by atoms with E-state index >= 15 is 0 Å². The summed E-state index contributed by atoms with van der Waals surface area (Å²) in [4.78, 5) is 74.2. The first-order valence-electron chi connectivity index (χ1n) is 23.3. The van der Waals surface area contributed by atoms with Gasteiger partial charge in [0.1, 0.15) is 23.7 Å². The van der Waals surface area contributed by atoms with E-state index in [0.29, 0.717) is 39.5 Å². The number of nitrogens with one attached hydrogen (secondary N) is 4. The number of likely N-dealkylation sites (tertiary alicyclic amines) is 2. The Morgan fingerprint density at radius 2 is 0.970 bits per heavy atom. The van der Waals surface area contributed by atoms with E-state index in [4.69, 9.17) is 28.9 Å². The fourth-order valence-electron chi connectivity index (χ4n) is 10.7. The predicted molar refractivity (Wildman–Crippen MR) is 248 cm³/mol. The van der Waals surface area contributed by atoms with Crippen molar-refractivity contribution in [3.05, 3.63) is 72.3 Å². The number of benzene rings is 3. The molecule has 0 radical (unpaired) electrons. The van der Waals surface area contributed by atoms with Crippen LogP contribution in [-0.4, -0.2) is 120 Å². The molecule has 66 heavy (non-hydrogen) atoms. The van der Waals surface area contributed by atoms with Crippen LogP contribution in [0.3, 0.4) is 0 Å². The maximum Gasteiger partial charge on any atom is 0.407 e. The van der Waals surface area contributed by atoms with Gasteiger partial charge in [0.05, 0.1) is 48.4 Å². The van der Waals surface area contributed by atoms with Gasteiger partial charge in [0, 0.05) is 39.5 Å². The van der Waals surface area contributed by atoms with E-state index in [9.17, 15) is 19.2 Å². The summed E-state index contributed by atoms with van der Waals surface area (Å²) in [5.41, 5.74) is 7.36. The van der Waals surface area contributed by atoms with Crippen LogP contribution in [0.15, 0.2) is 60.7 Å². The fourth-order valence-corrected chi connectivity index (χ4v) is 10.7. The van der Waals surface area contributed by atoms with Gasteiger partial charge in [0.2, 0.25) is 11.8 Å². The molecule has 16 heteroatoms. The van der Waals surface area contributed by atoms with Gasteiger partial charge in [-0.15, -0.1) is 0 Å². The van der Waals surface area contributed by atoms with Crippen molar-refractivity contribution in [2.45, 2.75) is 90.4 Å². The minimum absolute atomic E-state index is 0.0871. The Labute approximate surface area is 384 Å². The molecule has 0 aliphatic carbocycles. The molecule has 3 aromatic carbocycles. The number of amides is 4. The molecule has 4 amide bonds. The molecule has 350 valence electrons. The Kier molecular flexibility index (Phi) is 12.6. The summed E-state index contributed by atoms with van der Waals surface area (Å²) in [6.07, 6.45) is 3.69. The van der Waals surface area contributed by atoms with Crippen LogP contribution in [0.1, 0.15) is 90.0 Å². The largest absolute Gasteiger partial charge is 0.453 e. The third-order valence-corrected chi connectivity index (χ3v) is 14.7. The van der Waals surface area contributed by atoms with E-state index < -0.39 is 24.3 Å². The molecule has 16 nitrogen and oxygen atoms in total. The monoisotopic (exact) mass is 902 g/mol. The van der Waals surface area contributed by atoms with E-state index in [1.807, 2.05) is 49.6 Å². The summed E-state index contributed by atoms with van der Waals surface area (Å²) in [7, 11) is 2.61. The van der Waals surface area contributed by atoms with Gasteiger partial charge in [-0.3, -0.25) is 9.59 Å². The first-order chi connectivity index (χ1) is 31.8. The van der Waals surface area contributed by atoms with E-state index in [1.54, 1.807) is 0 Å². The summed E-state index contributed by atoms with van der Waals surface area (Å²) in [5, 5.41) is 5.56. The topological polar surface area (TPSA) is 193 Å². The molecule has 4 atom stereocenters. The molecule has 4 aliphatic heterocycles. The molecular weight excluding hydrogens is 841 g/mol. The van der Waals surface area contributed by atoms with Gasteiger partial charge in [-0.2, -0.15) is 0 Å². The fraction of sp³-hybridized carbons (Fsp3) is 0.520. The summed E-state index contributed by atoms with van der Waals surface area (Å²) in [6, 6.07) is 18.8. The lowest BCUT2D eigenvalue weighted by Gasteiger charge is -2.34. The van der Waals surface area contributed by atoms with Crippen LogP contribution in [0.2, 0.25) is 0 Å². The molecule has 4 fully saturated rings. The van der Waals surface area contributed by atoms with Gasteiger partial charge < -0.3 is 49.3 Å². The molecule has 4 saturated heterocycles. The van der Waals surface area contributed by atoms with Gasteiger partial charge in [-0.25, -0.2) is 19.6 Å². The minimum Gasteiger partial charge on any atom is -0.453 e. The third kappa shape index (κ3) is 8.84. The quantitative estimate of drug-likeness (QED) is 0.108. The third-order valence-electron chi connectivity index (χ3n) is 14.7. The number of aromatic nitrogens is 4. The number of methoxy groups -OCH3 is 2. The van der Waals surface area contributed by atoms with Crippen molar-refractivity contribution in [3.8, 4) is 22.3 Å². The van der Waals surface area contributed by atoms with Crippen molar-refractivity contribution < 1.29 is 38.1 Å². The standard InChI is InChI=1S/C50H62N8O8/c1-29(2)41(55-47(61)63-5)45(59)57-27-49(15-19-65-20-16-49)25-39(57)43-51-35-13-11-33(23-37(35)53-43)31-7-9-32(10-8-31)34-12-14-36-38(24-34)54-44(52-36)40-26-50(17-21-66-22-18-50)28-58(40)46(60)42(30(3)4)56-48(62)64-6/h7-14,23-24,29-30,39-42H,15-22,25-28H2,1-6H3,(H,51,53)(H,52,54)(H,55,61)(H,56,62)/t39-,40-,41-,42-/m0/s1. The molecule has 0 saturated carbocycles. The maximum atomic E-state index is 14.3. The van der Waals surface area contributed by atoms with Crippen molar-refractivity contribution in [1.29, 1.82) is 0 Å². The highest BCUT2D eigenvalue weighted by Gasteiger charge is 2.51. The number of hydrogen-bond donors (Lipinski definition) is 4. The summed E-state index contributed by atoms with van der Waals surface area (Å²) >= 11 is 0. The zero-order valence-electron chi connectivity index (χ0n) is 38.8. The van der Waals surface area contributed by atoms with Crippen LogP contribution >= 0.6 is 0 Å². The Balaban J connectivity index is 0.949. The summed E-state index contributed by atoms with van der Waals surface area (Å²) in [5.74, 6) is 0.901. The Morgan fingerprint density at radius 1 is 0.606 bits per heavy atom. The van der Waals surface area contributed by atoms with E-state index in [0.717, 1.165) is 94.5 Å². The van der Waals surface area contributed by atoms with Crippen molar-refractivity contribution in [3.63, 3.8) is 0 Å². The number of fused-ring (bicyclic) bond motifs is 2. The van der Waals surface area contributed by atoms with Crippen LogP contribution in [0, 0.1) is 22.7 Å². The van der Waals surface area contributed by atoms with Gasteiger partial charge >= 0.3 is 12.2 Å². The van der Waals surface area contributed by atoms with Crippen molar-refractivity contribution in [2.24, 2.45) is 22.7 Å². The molecule has 5 aromatic rings. The Morgan fingerprint density at radius 3 is 1.32 bits per heavy atom. The number of H-pyrrole nitrogens is 2. The molecule has 2 aromatic heterocycles. The molecule has 9 rings (SSSR count). The van der Waals surface area contributed by atoms with Crippen LogP contribution in [-0.2, 0) is 28.5 Å². The lowest BCUT2D eigenvalue weighted by Crippen LogP contribution is -2.51. The number of imidazole rings is 2. The predicted octanol–water partition coefficient (Wildman–Crippen LogP) is 7.67. The van der Waals surface area contributed by atoms with Gasteiger partial charge in [-0.05, 0) is 108 Å². The van der Waals surface area contributed by atoms with Crippen LogP contribution in [0.25, 0.3) is 44.3 Å². The van der Waals surface area contributed by atoms with Gasteiger partial charge in [-0.1, -0.05) is 64.1 Å². The highest BCUT2D eigenvalue weighted by Crippen LogP contribution is 2.50. The number of hydrogen-bond acceptors (Lipinski definition) is 10. The number of rotatable bonds is 10. The number of carbonyl (C=O) groups excluding carboxylic acids is 4. The second-order valence-corrected chi connectivity index (χ2v) is 19.6. The van der Waals surface area contributed by atoms with Crippen LogP contribution < -0.4 is 10.6 Å². The van der Waals surface area contributed by atoms with Gasteiger partial charge in [0.15, 0.2) is 0 Å². The molecule has 4 aliphatic rings. The molecule has 2 spiro atoms. The number of ether oxygens (including phenoxy) is 4. The SMILES string of the molecule is COC(=O)N[C@H](C(=O)N1CC2(CCOCC2)C[C@H]1c1nc2ccc(-c3ccc(-c4ccc5nc([C@@H]6CC7(CCOCC7)CN6C(=O)[C@@H](NC(=O)OC)C(C)C)[nH]c5c4)cc3)cc2[nH]1)C(C)C. The maximum absolute atomic E-state index is 14.3. The average molecular weight is 903 g/mol. The molecule has 0 bridgehead atoms. The van der Waals surface area contributed by atoms with Crippen molar-refractivity contribution >= 4 is 46.1 Å².